The highest BCUT2D eigenvalue weighted by Gasteiger charge is 2.58. The van der Waals surface area contributed by atoms with Gasteiger partial charge in [0.05, 0.1) is 17.7 Å². The average Bonchev–Trinajstić information content (AvgIpc) is 2.84. The van der Waals surface area contributed by atoms with E-state index in [2.05, 4.69) is 44.1 Å². The van der Waals surface area contributed by atoms with Crippen molar-refractivity contribution in [1.29, 1.82) is 5.26 Å². The lowest BCUT2D eigenvalue weighted by atomic mass is 9.66. The number of rotatable bonds is 4. The largest absolute Gasteiger partial charge is 0.391 e. The SMILES string of the molecule is CC(N[C@@H]1CC2(C[C@H]1O)CN(C)C2C(C)C)c1cccc(C#N)c1. The lowest BCUT2D eigenvalue weighted by molar-refractivity contribution is -0.0828. The molecule has 1 aromatic carbocycles. The fourth-order valence-electron chi connectivity index (χ4n) is 5.31. The maximum absolute atomic E-state index is 10.6. The van der Waals surface area contributed by atoms with Crippen LogP contribution >= 0.6 is 0 Å². The Kier molecular flexibility index (Phi) is 4.70. The zero-order valence-electron chi connectivity index (χ0n) is 15.2. The average molecular weight is 327 g/mol. The Morgan fingerprint density at radius 1 is 1.33 bits per heavy atom. The fourth-order valence-corrected chi connectivity index (χ4v) is 5.31. The van der Waals surface area contributed by atoms with Gasteiger partial charge in [-0.3, -0.25) is 0 Å². The highest BCUT2D eigenvalue weighted by molar-refractivity contribution is 5.34. The van der Waals surface area contributed by atoms with Crippen molar-refractivity contribution in [2.24, 2.45) is 11.3 Å². The molecule has 2 N–H and O–H groups in total. The topological polar surface area (TPSA) is 59.3 Å². The lowest BCUT2D eigenvalue weighted by Crippen LogP contribution is -2.64. The minimum atomic E-state index is -0.290. The smallest absolute Gasteiger partial charge is 0.0991 e. The number of nitrogens with one attached hydrogen (secondary N) is 1. The van der Waals surface area contributed by atoms with Gasteiger partial charge in [-0.25, -0.2) is 0 Å². The highest BCUT2D eigenvalue weighted by Crippen LogP contribution is 2.52. The first kappa shape index (κ1) is 17.4. The summed E-state index contributed by atoms with van der Waals surface area (Å²) in [5.74, 6) is 0.611. The highest BCUT2D eigenvalue weighted by atomic mass is 16.3. The van der Waals surface area contributed by atoms with E-state index in [0.717, 1.165) is 24.9 Å². The van der Waals surface area contributed by atoms with Gasteiger partial charge >= 0.3 is 0 Å². The summed E-state index contributed by atoms with van der Waals surface area (Å²) in [4.78, 5) is 2.43. The molecule has 3 rings (SSSR count). The van der Waals surface area contributed by atoms with Crippen molar-refractivity contribution in [1.82, 2.24) is 10.2 Å². The molecule has 4 heteroatoms. The van der Waals surface area contributed by atoms with E-state index < -0.39 is 0 Å². The molecule has 2 aliphatic rings. The van der Waals surface area contributed by atoms with Gasteiger partial charge in [-0.2, -0.15) is 5.26 Å². The third-order valence-corrected chi connectivity index (χ3v) is 5.98. The Bertz CT molecular complexity index is 633. The zero-order chi connectivity index (χ0) is 17.5. The molecule has 130 valence electrons. The third-order valence-electron chi connectivity index (χ3n) is 5.98. The first-order valence-electron chi connectivity index (χ1n) is 9.01. The number of benzene rings is 1. The van der Waals surface area contributed by atoms with Crippen LogP contribution in [0.2, 0.25) is 0 Å². The van der Waals surface area contributed by atoms with Gasteiger partial charge in [0.2, 0.25) is 0 Å². The molecule has 1 aliphatic heterocycles. The van der Waals surface area contributed by atoms with E-state index in [1.54, 1.807) is 0 Å². The molecule has 0 amide bonds. The van der Waals surface area contributed by atoms with E-state index in [1.807, 2.05) is 24.3 Å². The van der Waals surface area contributed by atoms with Crippen molar-refractivity contribution in [2.75, 3.05) is 13.6 Å². The summed E-state index contributed by atoms with van der Waals surface area (Å²) in [6, 6.07) is 10.7. The summed E-state index contributed by atoms with van der Waals surface area (Å²) in [7, 11) is 2.19. The second-order valence-electron chi connectivity index (χ2n) is 8.17. The number of nitrogens with zero attached hydrogens (tertiary/aromatic N) is 2. The molecule has 1 saturated carbocycles. The van der Waals surface area contributed by atoms with E-state index in [4.69, 9.17) is 5.26 Å². The molecule has 1 aliphatic carbocycles. The Labute approximate surface area is 145 Å². The van der Waals surface area contributed by atoms with Gasteiger partial charge in [0, 0.05) is 30.1 Å². The number of hydrogen-bond donors (Lipinski definition) is 2. The van der Waals surface area contributed by atoms with Crippen molar-refractivity contribution in [3.05, 3.63) is 35.4 Å². The van der Waals surface area contributed by atoms with Gasteiger partial charge in [-0.05, 0) is 50.4 Å². The molecule has 0 aromatic heterocycles. The minimum Gasteiger partial charge on any atom is -0.391 e. The molecule has 2 fully saturated rings. The summed E-state index contributed by atoms with van der Waals surface area (Å²) < 4.78 is 0. The normalized spacial score (nSPS) is 34.3. The monoisotopic (exact) mass is 327 g/mol. The molecule has 1 saturated heterocycles. The van der Waals surface area contributed by atoms with Gasteiger partial charge in [0.1, 0.15) is 0 Å². The van der Waals surface area contributed by atoms with E-state index in [0.29, 0.717) is 17.5 Å². The van der Waals surface area contributed by atoms with Crippen molar-refractivity contribution in [3.8, 4) is 6.07 Å². The van der Waals surface area contributed by atoms with Crippen LogP contribution in [-0.4, -0.2) is 41.8 Å². The van der Waals surface area contributed by atoms with E-state index in [9.17, 15) is 5.11 Å². The quantitative estimate of drug-likeness (QED) is 0.893. The predicted molar refractivity (Wildman–Crippen MR) is 95.4 cm³/mol. The molecule has 1 aromatic rings. The van der Waals surface area contributed by atoms with Crippen molar-refractivity contribution in [2.45, 2.75) is 57.8 Å². The van der Waals surface area contributed by atoms with Crippen LogP contribution in [0, 0.1) is 22.7 Å². The van der Waals surface area contributed by atoms with Gasteiger partial charge in [0.25, 0.3) is 0 Å². The van der Waals surface area contributed by atoms with Gasteiger partial charge < -0.3 is 15.3 Å². The summed E-state index contributed by atoms with van der Waals surface area (Å²) in [6.45, 7) is 7.76. The summed E-state index contributed by atoms with van der Waals surface area (Å²) >= 11 is 0. The fraction of sp³-hybridized carbons (Fsp3) is 0.650. The minimum absolute atomic E-state index is 0.126. The molecule has 24 heavy (non-hydrogen) atoms. The summed E-state index contributed by atoms with van der Waals surface area (Å²) in [5, 5.41) is 23.3. The van der Waals surface area contributed by atoms with Gasteiger partial charge in [0.15, 0.2) is 0 Å². The summed E-state index contributed by atoms with van der Waals surface area (Å²) in [6.07, 6.45) is 1.63. The lowest BCUT2D eigenvalue weighted by Gasteiger charge is -2.57. The number of nitriles is 1. The number of aliphatic hydroxyl groups is 1. The number of aliphatic hydroxyl groups excluding tert-OH is 1. The number of hydrogen-bond acceptors (Lipinski definition) is 4. The van der Waals surface area contributed by atoms with Crippen LogP contribution in [0.5, 0.6) is 0 Å². The maximum atomic E-state index is 10.6. The second kappa shape index (κ2) is 6.48. The van der Waals surface area contributed by atoms with Crippen LogP contribution in [0.3, 0.4) is 0 Å². The Morgan fingerprint density at radius 3 is 2.71 bits per heavy atom. The van der Waals surface area contributed by atoms with E-state index >= 15 is 0 Å². The predicted octanol–water partition coefficient (Wildman–Crippen LogP) is 2.69. The maximum Gasteiger partial charge on any atom is 0.0991 e. The molecule has 5 atom stereocenters. The summed E-state index contributed by atoms with van der Waals surface area (Å²) in [5.41, 5.74) is 2.05. The molecular weight excluding hydrogens is 298 g/mol. The molecule has 1 heterocycles. The van der Waals surface area contributed by atoms with Crippen LogP contribution in [0.25, 0.3) is 0 Å². The first-order valence-corrected chi connectivity index (χ1v) is 9.01. The van der Waals surface area contributed by atoms with Crippen LogP contribution in [0.15, 0.2) is 24.3 Å². The molecule has 4 nitrogen and oxygen atoms in total. The molecule has 0 bridgehead atoms. The van der Waals surface area contributed by atoms with Crippen molar-refractivity contribution >= 4 is 0 Å². The van der Waals surface area contributed by atoms with Crippen LogP contribution < -0.4 is 5.32 Å². The van der Waals surface area contributed by atoms with E-state index in [1.165, 1.54) is 0 Å². The van der Waals surface area contributed by atoms with Gasteiger partial charge in [-0.15, -0.1) is 0 Å². The zero-order valence-corrected chi connectivity index (χ0v) is 15.2. The molecule has 0 radical (unpaired) electrons. The molecule has 1 spiro atoms. The third kappa shape index (κ3) is 2.97. The van der Waals surface area contributed by atoms with Crippen LogP contribution in [-0.2, 0) is 0 Å². The van der Waals surface area contributed by atoms with Crippen LogP contribution in [0.1, 0.15) is 50.8 Å². The Morgan fingerprint density at radius 2 is 2.08 bits per heavy atom. The van der Waals surface area contributed by atoms with Crippen LogP contribution in [0.4, 0.5) is 0 Å². The molecule has 3 unspecified atom stereocenters. The van der Waals surface area contributed by atoms with Crippen molar-refractivity contribution < 1.29 is 5.11 Å². The second-order valence-corrected chi connectivity index (χ2v) is 8.17. The first-order chi connectivity index (χ1) is 11.4. The Hall–Kier alpha value is -1.41. The van der Waals surface area contributed by atoms with Crippen molar-refractivity contribution in [3.63, 3.8) is 0 Å². The number of likely N-dealkylation sites (tertiary alicyclic amines) is 1. The molecular formula is C20H29N3O. The standard InChI is InChI=1S/C20H29N3O/c1-13(2)19-20(12-23(19)4)9-17(18(24)10-20)22-14(3)16-7-5-6-15(8-16)11-21/h5-8,13-14,17-19,22,24H,9-10,12H2,1-4H3/t14?,17-,18-,19?,20?/m1/s1. The van der Waals surface area contributed by atoms with Gasteiger partial charge in [-0.1, -0.05) is 26.0 Å². The Balaban J connectivity index is 1.69. The van der Waals surface area contributed by atoms with E-state index in [-0.39, 0.29) is 23.6 Å².